The predicted molar refractivity (Wildman–Crippen MR) is 142 cm³/mol. The van der Waals surface area contributed by atoms with Gasteiger partial charge in [-0.25, -0.2) is 4.79 Å². The standard InChI is InChI=1S/C27H27N3O5S/c1-4-6-14-29-22-13-8-7-12-20(22)17(3)24(29)25(31)28-26-23(27(32)35-5-2)21(16-36-26)18-10-9-11-19(15-18)30(33)34/h7-13,15-16H,4-6,14H2,1-3H3,(H,28,31). The molecule has 0 fully saturated rings. The van der Waals surface area contributed by atoms with Crippen LogP contribution in [0.5, 0.6) is 0 Å². The quantitative estimate of drug-likeness (QED) is 0.153. The molecule has 0 bridgehead atoms. The van der Waals surface area contributed by atoms with Crippen LogP contribution in [0.3, 0.4) is 0 Å². The van der Waals surface area contributed by atoms with Gasteiger partial charge in [-0.05, 0) is 37.5 Å². The Hall–Kier alpha value is -3.98. The lowest BCUT2D eigenvalue weighted by Gasteiger charge is -2.12. The second-order valence-corrected chi connectivity index (χ2v) is 9.21. The first kappa shape index (κ1) is 25.1. The Labute approximate surface area is 212 Å². The van der Waals surface area contributed by atoms with Gasteiger partial charge in [0.2, 0.25) is 0 Å². The Morgan fingerprint density at radius 1 is 1.14 bits per heavy atom. The maximum atomic E-state index is 13.6. The van der Waals surface area contributed by atoms with Crippen molar-refractivity contribution in [2.45, 2.75) is 40.2 Å². The van der Waals surface area contributed by atoms with E-state index >= 15 is 0 Å². The number of amides is 1. The van der Waals surface area contributed by atoms with E-state index in [4.69, 9.17) is 4.74 Å². The highest BCUT2D eigenvalue weighted by molar-refractivity contribution is 7.15. The maximum absolute atomic E-state index is 13.6. The van der Waals surface area contributed by atoms with Gasteiger partial charge in [-0.1, -0.05) is 43.7 Å². The molecule has 0 radical (unpaired) electrons. The molecule has 0 saturated heterocycles. The molecule has 0 aliphatic rings. The number of carbonyl (C=O) groups excluding carboxylic acids is 2. The number of nitro groups is 1. The number of rotatable bonds is 9. The molecule has 2 aromatic carbocycles. The fourth-order valence-electron chi connectivity index (χ4n) is 4.34. The van der Waals surface area contributed by atoms with Crippen molar-refractivity contribution in [3.05, 3.63) is 80.8 Å². The van der Waals surface area contributed by atoms with E-state index in [9.17, 15) is 19.7 Å². The molecule has 1 N–H and O–H groups in total. The summed E-state index contributed by atoms with van der Waals surface area (Å²) in [6.45, 7) is 6.58. The Morgan fingerprint density at radius 3 is 2.64 bits per heavy atom. The van der Waals surface area contributed by atoms with Gasteiger partial charge in [0, 0.05) is 40.5 Å². The normalized spacial score (nSPS) is 11.0. The number of nitrogens with zero attached hydrogens (tertiary/aromatic N) is 2. The van der Waals surface area contributed by atoms with E-state index in [2.05, 4.69) is 12.2 Å². The summed E-state index contributed by atoms with van der Waals surface area (Å²) in [5.74, 6) is -0.920. The molecule has 9 heteroatoms. The molecule has 2 heterocycles. The van der Waals surface area contributed by atoms with Gasteiger partial charge < -0.3 is 14.6 Å². The number of ether oxygens (including phenoxy) is 1. The number of para-hydroxylation sites is 1. The number of nitro benzene ring substituents is 1. The van der Waals surface area contributed by atoms with Crippen LogP contribution < -0.4 is 5.32 Å². The third-order valence-corrected chi connectivity index (χ3v) is 6.94. The largest absolute Gasteiger partial charge is 0.462 e. The summed E-state index contributed by atoms with van der Waals surface area (Å²) in [4.78, 5) is 37.4. The topological polar surface area (TPSA) is 103 Å². The lowest BCUT2D eigenvalue weighted by molar-refractivity contribution is -0.384. The van der Waals surface area contributed by atoms with Gasteiger partial charge in [0.1, 0.15) is 16.3 Å². The third-order valence-electron chi connectivity index (χ3n) is 6.04. The van der Waals surface area contributed by atoms with Crippen LogP contribution >= 0.6 is 11.3 Å². The number of carbonyl (C=O) groups is 2. The molecule has 0 atom stereocenters. The molecule has 0 aliphatic carbocycles. The zero-order chi connectivity index (χ0) is 25.8. The summed E-state index contributed by atoms with van der Waals surface area (Å²) in [7, 11) is 0. The number of thiophene rings is 1. The van der Waals surface area contributed by atoms with Crippen LogP contribution in [0.2, 0.25) is 0 Å². The predicted octanol–water partition coefficient (Wildman–Crippen LogP) is 6.82. The summed E-state index contributed by atoms with van der Waals surface area (Å²) in [6.07, 6.45) is 1.90. The highest BCUT2D eigenvalue weighted by Gasteiger charge is 2.26. The van der Waals surface area contributed by atoms with Gasteiger partial charge in [0.25, 0.3) is 11.6 Å². The fraction of sp³-hybridized carbons (Fsp3) is 0.259. The highest BCUT2D eigenvalue weighted by Crippen LogP contribution is 2.38. The second kappa shape index (κ2) is 10.7. The average Bonchev–Trinajstić information content (AvgIpc) is 3.41. The van der Waals surface area contributed by atoms with Crippen molar-refractivity contribution in [2.75, 3.05) is 11.9 Å². The minimum atomic E-state index is -0.598. The minimum Gasteiger partial charge on any atom is -0.462 e. The molecule has 186 valence electrons. The average molecular weight is 506 g/mol. The van der Waals surface area contributed by atoms with Crippen LogP contribution in [0.25, 0.3) is 22.0 Å². The number of aryl methyl sites for hydroxylation is 2. The first-order chi connectivity index (χ1) is 17.4. The monoisotopic (exact) mass is 505 g/mol. The highest BCUT2D eigenvalue weighted by atomic mass is 32.1. The molecule has 1 amide bonds. The van der Waals surface area contributed by atoms with Crippen molar-refractivity contribution >= 4 is 44.8 Å². The number of benzene rings is 2. The SMILES string of the molecule is CCCCn1c(C(=O)Nc2scc(-c3cccc([N+](=O)[O-])c3)c2C(=O)OCC)c(C)c2ccccc21. The lowest BCUT2D eigenvalue weighted by atomic mass is 10.0. The van der Waals surface area contributed by atoms with Gasteiger partial charge in [-0.3, -0.25) is 14.9 Å². The third kappa shape index (κ3) is 4.74. The number of unbranched alkanes of at least 4 members (excludes halogenated alkanes) is 1. The van der Waals surface area contributed by atoms with Crippen LogP contribution in [0.15, 0.2) is 53.9 Å². The fourth-order valence-corrected chi connectivity index (χ4v) is 5.29. The summed E-state index contributed by atoms with van der Waals surface area (Å²) < 4.78 is 7.31. The molecule has 36 heavy (non-hydrogen) atoms. The molecule has 0 saturated carbocycles. The van der Waals surface area contributed by atoms with E-state index in [0.29, 0.717) is 28.4 Å². The Kier molecular flexibility index (Phi) is 7.49. The van der Waals surface area contributed by atoms with Crippen LogP contribution in [0, 0.1) is 17.0 Å². The van der Waals surface area contributed by atoms with E-state index < -0.39 is 10.9 Å². The van der Waals surface area contributed by atoms with E-state index in [-0.39, 0.29) is 23.8 Å². The Morgan fingerprint density at radius 2 is 1.92 bits per heavy atom. The minimum absolute atomic E-state index is 0.0878. The Balaban J connectivity index is 1.78. The summed E-state index contributed by atoms with van der Waals surface area (Å²) >= 11 is 1.19. The molecule has 4 rings (SSSR count). The molecular formula is C27H27N3O5S. The molecule has 0 unspecified atom stereocenters. The number of anilines is 1. The van der Waals surface area contributed by atoms with Crippen LogP contribution in [0.4, 0.5) is 10.7 Å². The molecule has 8 nitrogen and oxygen atoms in total. The van der Waals surface area contributed by atoms with Crippen molar-refractivity contribution in [1.82, 2.24) is 4.57 Å². The van der Waals surface area contributed by atoms with Gasteiger partial charge in [0.05, 0.1) is 11.5 Å². The molecular weight excluding hydrogens is 478 g/mol. The molecule has 2 aromatic heterocycles. The van der Waals surface area contributed by atoms with E-state index in [1.807, 2.05) is 35.8 Å². The van der Waals surface area contributed by atoms with Gasteiger partial charge in [0.15, 0.2) is 0 Å². The number of hydrogen-bond donors (Lipinski definition) is 1. The summed E-state index contributed by atoms with van der Waals surface area (Å²) in [6, 6.07) is 14.0. The van der Waals surface area contributed by atoms with Crippen molar-refractivity contribution in [1.29, 1.82) is 0 Å². The number of non-ortho nitro benzene ring substituents is 1. The Bertz CT molecular complexity index is 1450. The zero-order valence-corrected chi connectivity index (χ0v) is 21.2. The smallest absolute Gasteiger partial charge is 0.341 e. The van der Waals surface area contributed by atoms with Crippen LogP contribution in [-0.4, -0.2) is 28.0 Å². The molecule has 0 aliphatic heterocycles. The van der Waals surface area contributed by atoms with Crippen molar-refractivity contribution in [3.8, 4) is 11.1 Å². The summed E-state index contributed by atoms with van der Waals surface area (Å²) in [5.41, 5.74) is 3.47. The number of fused-ring (bicyclic) bond motifs is 1. The molecule has 4 aromatic rings. The van der Waals surface area contributed by atoms with Gasteiger partial charge >= 0.3 is 5.97 Å². The molecule has 0 spiro atoms. The lowest BCUT2D eigenvalue weighted by Crippen LogP contribution is -2.19. The van der Waals surface area contributed by atoms with Crippen molar-refractivity contribution in [2.24, 2.45) is 0 Å². The van der Waals surface area contributed by atoms with Crippen LogP contribution in [0.1, 0.15) is 53.1 Å². The maximum Gasteiger partial charge on any atom is 0.341 e. The van der Waals surface area contributed by atoms with E-state index in [1.165, 1.54) is 23.5 Å². The van der Waals surface area contributed by atoms with Crippen molar-refractivity contribution in [3.63, 3.8) is 0 Å². The van der Waals surface area contributed by atoms with Gasteiger partial charge in [-0.2, -0.15) is 0 Å². The first-order valence-electron chi connectivity index (χ1n) is 11.8. The van der Waals surface area contributed by atoms with Crippen molar-refractivity contribution < 1.29 is 19.2 Å². The summed E-state index contributed by atoms with van der Waals surface area (Å²) in [5, 5.41) is 17.3. The number of esters is 1. The number of aromatic nitrogens is 1. The number of hydrogen-bond acceptors (Lipinski definition) is 6. The van der Waals surface area contributed by atoms with E-state index in [0.717, 1.165) is 29.3 Å². The van der Waals surface area contributed by atoms with Gasteiger partial charge in [-0.15, -0.1) is 11.3 Å². The first-order valence-corrected chi connectivity index (χ1v) is 12.7. The zero-order valence-electron chi connectivity index (χ0n) is 20.4. The van der Waals surface area contributed by atoms with Crippen LogP contribution in [-0.2, 0) is 11.3 Å². The van der Waals surface area contributed by atoms with E-state index in [1.54, 1.807) is 24.4 Å². The second-order valence-electron chi connectivity index (χ2n) is 8.33. The number of nitrogens with one attached hydrogen (secondary N) is 1.